The molecule has 2 atom stereocenters. The van der Waals surface area contributed by atoms with Gasteiger partial charge in [-0.2, -0.15) is 0 Å². The largest absolute Gasteiger partial charge is 0.481 e. The monoisotopic (exact) mass is 714 g/mol. The first-order valence-electron chi connectivity index (χ1n) is 18.9. The fraction of sp³-hybridized carbons (Fsp3) is 0.838. The number of amides is 2. The van der Waals surface area contributed by atoms with E-state index in [-0.39, 0.29) is 76.3 Å². The van der Waals surface area contributed by atoms with Gasteiger partial charge in [0.1, 0.15) is 12.4 Å². The van der Waals surface area contributed by atoms with Crippen molar-refractivity contribution < 1.29 is 53.6 Å². The van der Waals surface area contributed by atoms with Crippen molar-refractivity contribution in [3.05, 3.63) is 0 Å². The molecule has 0 aliphatic heterocycles. The summed E-state index contributed by atoms with van der Waals surface area (Å²) in [6, 6.07) is 0. The van der Waals surface area contributed by atoms with Crippen LogP contribution in [-0.2, 0) is 38.2 Å². The number of carbonyl (C=O) groups is 6. The first-order valence-corrected chi connectivity index (χ1v) is 18.9. The summed E-state index contributed by atoms with van der Waals surface area (Å²) in [5, 5.41) is 32.4. The summed E-state index contributed by atoms with van der Waals surface area (Å²) >= 11 is 0. The smallest absolute Gasteiger partial charge is 0.306 e. The average Bonchev–Trinajstić information content (AvgIpc) is 3.06. The molecule has 0 saturated carbocycles. The highest BCUT2D eigenvalue weighted by molar-refractivity contribution is 5.84. The Hall–Kier alpha value is -3.06. The summed E-state index contributed by atoms with van der Waals surface area (Å²) in [6.07, 6.45) is 18.0. The molecule has 0 aromatic carbocycles. The number of nitrogens with one attached hydrogen (secondary N) is 2. The van der Waals surface area contributed by atoms with Gasteiger partial charge in [0.25, 0.3) is 0 Å². The second kappa shape index (κ2) is 33.1. The van der Waals surface area contributed by atoms with Gasteiger partial charge in [-0.15, -0.1) is 0 Å². The van der Waals surface area contributed by atoms with Crippen LogP contribution in [0.4, 0.5) is 0 Å². The van der Waals surface area contributed by atoms with E-state index in [9.17, 15) is 33.9 Å². The van der Waals surface area contributed by atoms with E-state index in [1.807, 2.05) is 0 Å². The Bertz CT molecular complexity index is 944. The van der Waals surface area contributed by atoms with Crippen LogP contribution in [0.25, 0.3) is 0 Å². The molecule has 50 heavy (non-hydrogen) atoms. The topological polar surface area (TPSA) is 206 Å². The van der Waals surface area contributed by atoms with Gasteiger partial charge in [-0.3, -0.25) is 28.8 Å². The second-order valence-corrected chi connectivity index (χ2v) is 13.3. The average molecular weight is 715 g/mol. The molecule has 0 heterocycles. The molecular formula is C37H66N2O11. The van der Waals surface area contributed by atoms with E-state index < -0.39 is 29.7 Å². The van der Waals surface area contributed by atoms with Gasteiger partial charge in [0, 0.05) is 38.8 Å². The number of rotatable bonds is 37. The number of carbonyl (C=O) groups excluding carboxylic acids is 3. The second-order valence-electron chi connectivity index (χ2n) is 13.3. The number of aliphatic carboxylic acids is 3. The molecule has 13 heteroatoms. The number of unbranched alkanes of at least 4 members (excludes halogenated alkanes) is 14. The molecule has 0 bridgehead atoms. The maximum absolute atomic E-state index is 12.4. The third kappa shape index (κ3) is 32.2. The molecular weight excluding hydrogens is 648 g/mol. The predicted molar refractivity (Wildman–Crippen MR) is 190 cm³/mol. The highest BCUT2D eigenvalue weighted by atomic mass is 16.5. The van der Waals surface area contributed by atoms with Crippen LogP contribution < -0.4 is 10.6 Å². The van der Waals surface area contributed by atoms with Crippen molar-refractivity contribution in [1.29, 1.82) is 0 Å². The van der Waals surface area contributed by atoms with E-state index >= 15 is 0 Å². The highest BCUT2D eigenvalue weighted by Gasteiger charge is 2.22. The lowest BCUT2D eigenvalue weighted by Crippen LogP contribution is -2.30. The number of carboxylic acids is 3. The number of ketones is 1. The van der Waals surface area contributed by atoms with Gasteiger partial charge in [0.2, 0.25) is 11.8 Å². The molecule has 0 fully saturated rings. The molecule has 0 aliphatic carbocycles. The van der Waals surface area contributed by atoms with Crippen LogP contribution in [0, 0.1) is 11.8 Å². The van der Waals surface area contributed by atoms with Crippen molar-refractivity contribution in [3.8, 4) is 0 Å². The summed E-state index contributed by atoms with van der Waals surface area (Å²) in [7, 11) is 0. The van der Waals surface area contributed by atoms with Crippen molar-refractivity contribution in [1.82, 2.24) is 10.6 Å². The molecule has 2 amide bonds. The summed E-state index contributed by atoms with van der Waals surface area (Å²) in [5.41, 5.74) is 0. The van der Waals surface area contributed by atoms with Gasteiger partial charge < -0.3 is 35.4 Å². The molecule has 0 aromatic heterocycles. The lowest BCUT2D eigenvalue weighted by atomic mass is 9.94. The molecule has 0 spiro atoms. The van der Waals surface area contributed by atoms with Crippen molar-refractivity contribution >= 4 is 35.5 Å². The van der Waals surface area contributed by atoms with E-state index in [0.717, 1.165) is 44.9 Å². The van der Waals surface area contributed by atoms with Crippen LogP contribution >= 0.6 is 0 Å². The molecule has 290 valence electrons. The van der Waals surface area contributed by atoms with Crippen LogP contribution in [0.15, 0.2) is 0 Å². The predicted octanol–water partition coefficient (Wildman–Crippen LogP) is 5.91. The Morgan fingerprint density at radius 1 is 0.520 bits per heavy atom. The van der Waals surface area contributed by atoms with Crippen molar-refractivity contribution in [2.45, 2.75) is 148 Å². The first-order chi connectivity index (χ1) is 24.0. The quantitative estimate of drug-likeness (QED) is 0.0478. The van der Waals surface area contributed by atoms with Crippen LogP contribution in [0.2, 0.25) is 0 Å². The molecule has 0 radical (unpaired) electrons. The maximum atomic E-state index is 12.4. The van der Waals surface area contributed by atoms with Crippen LogP contribution in [0.3, 0.4) is 0 Å². The standard InChI is InChI=1S/C37H66N2O11/c1-30(36(45)46)18-16-17-23-38-34(42)29-50-27-26-49-25-24-39-33(41)22-21-31(37(47)48)28-32(40)19-14-12-10-8-6-4-2-3-5-7-9-11-13-15-20-35(43)44/h30-31H,2-29H2,1H3,(H,38,42)(H,39,41)(H,43,44)(H,45,46)(H,47,48)/t30-,31+/m0/s1. The normalized spacial score (nSPS) is 12.3. The lowest BCUT2D eigenvalue weighted by molar-refractivity contribution is -0.144. The fourth-order valence-corrected chi connectivity index (χ4v) is 5.43. The van der Waals surface area contributed by atoms with Crippen molar-refractivity contribution in [3.63, 3.8) is 0 Å². The fourth-order valence-electron chi connectivity index (χ4n) is 5.43. The summed E-state index contributed by atoms with van der Waals surface area (Å²) in [5.74, 6) is -4.50. The molecule has 5 N–H and O–H groups in total. The van der Waals surface area contributed by atoms with Crippen LogP contribution in [0.5, 0.6) is 0 Å². The molecule has 0 unspecified atom stereocenters. The third-order valence-corrected chi connectivity index (χ3v) is 8.62. The van der Waals surface area contributed by atoms with E-state index in [2.05, 4.69) is 10.6 Å². The molecule has 13 nitrogen and oxygen atoms in total. The number of Topliss-reactive ketones (excluding diaryl/α,β-unsaturated/α-hetero) is 1. The summed E-state index contributed by atoms with van der Waals surface area (Å²) in [6.45, 7) is 2.92. The number of hydrogen-bond acceptors (Lipinski definition) is 8. The Labute approximate surface area is 299 Å². The minimum absolute atomic E-state index is 0.00958. The van der Waals surface area contributed by atoms with E-state index in [4.69, 9.17) is 19.7 Å². The Kier molecular flexibility index (Phi) is 31.1. The Morgan fingerprint density at radius 3 is 1.58 bits per heavy atom. The van der Waals surface area contributed by atoms with Crippen molar-refractivity contribution in [2.24, 2.45) is 11.8 Å². The maximum Gasteiger partial charge on any atom is 0.306 e. The van der Waals surface area contributed by atoms with E-state index in [0.29, 0.717) is 32.2 Å². The van der Waals surface area contributed by atoms with Crippen molar-refractivity contribution in [2.75, 3.05) is 39.5 Å². The van der Waals surface area contributed by atoms with Gasteiger partial charge in [-0.05, 0) is 32.1 Å². The Morgan fingerprint density at radius 2 is 1.04 bits per heavy atom. The zero-order valence-corrected chi connectivity index (χ0v) is 30.6. The number of ether oxygens (including phenoxy) is 2. The van der Waals surface area contributed by atoms with Gasteiger partial charge >= 0.3 is 17.9 Å². The van der Waals surface area contributed by atoms with Gasteiger partial charge in [-0.1, -0.05) is 90.4 Å². The van der Waals surface area contributed by atoms with Crippen LogP contribution in [0.1, 0.15) is 148 Å². The lowest BCUT2D eigenvalue weighted by Gasteiger charge is -2.12. The first kappa shape index (κ1) is 46.9. The molecule has 0 aromatic rings. The number of carboxylic acid groups (broad SMARTS) is 3. The minimum Gasteiger partial charge on any atom is -0.481 e. The summed E-state index contributed by atoms with van der Waals surface area (Å²) < 4.78 is 10.6. The summed E-state index contributed by atoms with van der Waals surface area (Å²) in [4.78, 5) is 69.2. The van der Waals surface area contributed by atoms with Gasteiger partial charge in [0.05, 0.1) is 31.7 Å². The zero-order chi connectivity index (χ0) is 37.2. The third-order valence-electron chi connectivity index (χ3n) is 8.62. The van der Waals surface area contributed by atoms with Crippen LogP contribution in [-0.4, -0.2) is 90.3 Å². The van der Waals surface area contributed by atoms with Gasteiger partial charge in [-0.25, -0.2) is 0 Å². The van der Waals surface area contributed by atoms with E-state index in [1.54, 1.807) is 6.92 Å². The van der Waals surface area contributed by atoms with Gasteiger partial charge in [0.15, 0.2) is 0 Å². The minimum atomic E-state index is -1.07. The highest BCUT2D eigenvalue weighted by Crippen LogP contribution is 2.17. The molecule has 0 saturated heterocycles. The molecule has 0 rings (SSSR count). The zero-order valence-electron chi connectivity index (χ0n) is 30.6. The Balaban J connectivity index is 3.69. The SMILES string of the molecule is C[C@@H](CCCCNC(=O)COCCOCCNC(=O)CC[C@H](CC(=O)CCCCCCCCCCCCCCCCC(=O)O)C(=O)O)C(=O)O. The molecule has 0 aliphatic rings. The number of hydrogen-bond donors (Lipinski definition) is 5. The van der Waals surface area contributed by atoms with E-state index in [1.165, 1.54) is 44.9 Å².